The maximum absolute atomic E-state index is 14.7. The highest BCUT2D eigenvalue weighted by Gasteiger charge is 2.51. The summed E-state index contributed by atoms with van der Waals surface area (Å²) in [6.45, 7) is 21.3. The second-order valence-corrected chi connectivity index (χ2v) is 40.0. The Labute approximate surface area is 541 Å². The number of amides is 1. The number of ether oxygens (including phenoxy) is 1. The van der Waals surface area contributed by atoms with E-state index in [9.17, 15) is 34.8 Å². The van der Waals surface area contributed by atoms with Crippen LogP contribution in [0.3, 0.4) is 0 Å². The monoisotopic (exact) mass is 1340 g/mol. The van der Waals surface area contributed by atoms with E-state index in [2.05, 4.69) is 112 Å². The number of sulfone groups is 1. The predicted molar refractivity (Wildman–Crippen MR) is 363 cm³/mol. The Morgan fingerprint density at radius 3 is 1.91 bits per heavy atom. The summed E-state index contributed by atoms with van der Waals surface area (Å²) in [5.74, 6) is -0.577. The van der Waals surface area contributed by atoms with Gasteiger partial charge in [-0.3, -0.25) is 9.69 Å². The van der Waals surface area contributed by atoms with Crippen LogP contribution < -0.4 is 25.3 Å². The molecule has 0 spiro atoms. The van der Waals surface area contributed by atoms with Crippen LogP contribution in [0.2, 0.25) is 28.2 Å². The number of carbonyl (C=O) groups excluding carboxylic acids is 1. The standard InChI is InChI=1S/C69H82ClF3N4O8S3Si2/c1-67(2,3)89(7,8)85-65(62-27-19-18-26-61(62)50-28-32-53(70)33-29-50)51-38-41-76(42-39-51)55-34-30-52(31-35-55)66(78)75-88(81,82)58-36-37-63(64(46-58)87(79,80)69(71,72)73)74-54(49-86-57-20-12-9-13-21-57)40-43-77-44-45-83-47-56(77)48-84-90(68(4,5)6,59-22-14-10-15-23-59)60-24-16-11-17-25-60/h9-37,46,51,54,56,65,74H,38-45,47-49H2,1-8H3,(H,75,78). The van der Waals surface area contributed by atoms with Gasteiger partial charge in [-0.15, -0.1) is 11.8 Å². The van der Waals surface area contributed by atoms with Crippen LogP contribution in [0.15, 0.2) is 197 Å². The van der Waals surface area contributed by atoms with Crippen LogP contribution in [0.25, 0.3) is 11.1 Å². The number of alkyl halides is 3. The summed E-state index contributed by atoms with van der Waals surface area (Å²) < 4.78 is 122. The van der Waals surface area contributed by atoms with E-state index >= 15 is 0 Å². The SMILES string of the molecule is CC(C)(C)[Si](C)(C)OC(c1ccccc1-c1ccc(Cl)cc1)C1CCN(c2ccc(C(=O)NS(=O)(=O)c3ccc(NC(CCN4CCOCC4CO[Si](c4ccccc4)(c4ccccc4)C(C)(C)C)CSc4ccccc4)c(S(=O)(=O)C(F)(F)F)c3)cc2)CC1. The second-order valence-electron chi connectivity index (χ2n) is 25.8. The highest BCUT2D eigenvalue weighted by Crippen LogP contribution is 2.47. The van der Waals surface area contributed by atoms with Crippen LogP contribution in [0.5, 0.6) is 0 Å². The number of sulfonamides is 1. The van der Waals surface area contributed by atoms with Gasteiger partial charge in [-0.05, 0) is 142 Å². The lowest BCUT2D eigenvalue weighted by Gasteiger charge is -2.45. The molecule has 9 rings (SSSR count). The molecule has 2 saturated heterocycles. The molecule has 12 nitrogen and oxygen atoms in total. The van der Waals surface area contributed by atoms with Crippen LogP contribution in [0, 0.1) is 5.92 Å². The number of halogens is 4. The highest BCUT2D eigenvalue weighted by atomic mass is 35.5. The molecule has 0 radical (unpaired) electrons. The minimum atomic E-state index is -6.17. The van der Waals surface area contributed by atoms with Crippen LogP contribution >= 0.6 is 23.4 Å². The summed E-state index contributed by atoms with van der Waals surface area (Å²) in [5.41, 5.74) is -2.20. The van der Waals surface area contributed by atoms with Crippen molar-refractivity contribution in [2.75, 3.05) is 62.0 Å². The number of nitrogens with zero attached hydrogens (tertiary/aromatic N) is 2. The summed E-state index contributed by atoms with van der Waals surface area (Å²) >= 11 is 7.74. The molecule has 480 valence electrons. The first-order valence-corrected chi connectivity index (χ1v) is 39.6. The molecule has 2 fully saturated rings. The maximum atomic E-state index is 14.7. The Kier molecular flexibility index (Phi) is 21.8. The largest absolute Gasteiger partial charge is 0.501 e. The summed E-state index contributed by atoms with van der Waals surface area (Å²) in [6.07, 6.45) is 1.76. The van der Waals surface area contributed by atoms with Crippen molar-refractivity contribution in [3.8, 4) is 11.1 Å². The van der Waals surface area contributed by atoms with Crippen molar-refractivity contribution in [3.63, 3.8) is 0 Å². The normalized spacial score (nSPS) is 16.8. The van der Waals surface area contributed by atoms with Crippen LogP contribution in [-0.2, 0) is 33.4 Å². The molecule has 1 amide bonds. The fraction of sp³-hybridized carbons (Fsp3) is 0.377. The zero-order valence-electron chi connectivity index (χ0n) is 52.3. The molecule has 7 aromatic carbocycles. The van der Waals surface area contributed by atoms with Gasteiger partial charge >= 0.3 is 5.51 Å². The van der Waals surface area contributed by atoms with Gasteiger partial charge in [0, 0.05) is 59.1 Å². The Morgan fingerprint density at radius 2 is 1.32 bits per heavy atom. The first-order chi connectivity index (χ1) is 42.6. The molecule has 0 saturated carbocycles. The minimum Gasteiger partial charge on any atom is -0.410 e. The van der Waals surface area contributed by atoms with Gasteiger partial charge in [0.1, 0.15) is 4.90 Å². The predicted octanol–water partition coefficient (Wildman–Crippen LogP) is 14.6. The van der Waals surface area contributed by atoms with E-state index in [1.165, 1.54) is 23.9 Å². The topological polar surface area (TPSA) is 144 Å². The number of rotatable bonds is 23. The van der Waals surface area contributed by atoms with Gasteiger partial charge in [-0.25, -0.2) is 21.6 Å². The number of nitrogens with one attached hydrogen (secondary N) is 2. The molecular weight excluding hydrogens is 1260 g/mol. The molecule has 2 N–H and O–H groups in total. The van der Waals surface area contributed by atoms with Crippen molar-refractivity contribution < 1.29 is 48.4 Å². The molecule has 3 atom stereocenters. The first kappa shape index (κ1) is 68.6. The quantitative estimate of drug-likeness (QED) is 0.0465. The van der Waals surface area contributed by atoms with Gasteiger partial charge in [0.15, 0.2) is 8.32 Å². The van der Waals surface area contributed by atoms with Gasteiger partial charge in [-0.1, -0.05) is 168 Å². The zero-order chi connectivity index (χ0) is 64.7. The van der Waals surface area contributed by atoms with Gasteiger partial charge in [-0.2, -0.15) is 13.2 Å². The molecule has 21 heteroatoms. The van der Waals surface area contributed by atoms with Crippen molar-refractivity contribution in [2.45, 2.75) is 122 Å². The molecule has 90 heavy (non-hydrogen) atoms. The average molecular weight is 1340 g/mol. The molecule has 7 aromatic rings. The number of hydrogen-bond donors (Lipinski definition) is 2. The van der Waals surface area contributed by atoms with Crippen molar-refractivity contribution in [1.82, 2.24) is 9.62 Å². The lowest BCUT2D eigenvalue weighted by molar-refractivity contribution is -0.0436. The summed E-state index contributed by atoms with van der Waals surface area (Å²) in [6, 6.07) is 54.3. The zero-order valence-corrected chi connectivity index (χ0v) is 57.5. The van der Waals surface area contributed by atoms with E-state index in [-0.39, 0.29) is 33.7 Å². The van der Waals surface area contributed by atoms with Crippen molar-refractivity contribution >= 4 is 87.5 Å². The minimum absolute atomic E-state index is 0.0314. The number of hydrogen-bond acceptors (Lipinski definition) is 12. The Morgan fingerprint density at radius 1 is 0.733 bits per heavy atom. The van der Waals surface area contributed by atoms with Gasteiger partial charge in [0.25, 0.3) is 34.1 Å². The van der Waals surface area contributed by atoms with Gasteiger partial charge < -0.3 is 23.8 Å². The third-order valence-corrected chi connectivity index (χ3v) is 31.5. The summed E-state index contributed by atoms with van der Waals surface area (Å²) in [7, 11) is -16.3. The van der Waals surface area contributed by atoms with E-state index in [4.69, 9.17) is 25.2 Å². The lowest BCUT2D eigenvalue weighted by Crippen LogP contribution is -2.67. The van der Waals surface area contributed by atoms with Crippen LogP contribution in [0.1, 0.15) is 82.8 Å². The van der Waals surface area contributed by atoms with Crippen molar-refractivity contribution in [3.05, 3.63) is 198 Å². The van der Waals surface area contributed by atoms with Gasteiger partial charge in [0.2, 0.25) is 0 Å². The Bertz CT molecular complexity index is 3730. The van der Waals surface area contributed by atoms with Gasteiger partial charge in [0.05, 0.1) is 42.5 Å². The van der Waals surface area contributed by atoms with E-state index < -0.39 is 69.4 Å². The number of carbonyl (C=O) groups is 1. The number of morpholine rings is 1. The molecule has 2 heterocycles. The first-order valence-electron chi connectivity index (χ1n) is 30.5. The van der Waals surface area contributed by atoms with E-state index in [1.807, 2.05) is 102 Å². The number of benzene rings is 7. The van der Waals surface area contributed by atoms with Crippen LogP contribution in [-0.4, -0.2) is 114 Å². The molecule has 0 aliphatic carbocycles. The average Bonchev–Trinajstić information content (AvgIpc) is 0.769. The van der Waals surface area contributed by atoms with Crippen molar-refractivity contribution in [2.24, 2.45) is 5.92 Å². The highest BCUT2D eigenvalue weighted by molar-refractivity contribution is 7.99. The molecule has 2 aliphatic heterocycles. The number of piperidine rings is 1. The number of thioether (sulfide) groups is 1. The summed E-state index contributed by atoms with van der Waals surface area (Å²) in [5, 5.41) is 5.69. The molecule has 0 bridgehead atoms. The fourth-order valence-electron chi connectivity index (χ4n) is 11.8. The van der Waals surface area contributed by atoms with Crippen molar-refractivity contribution in [1.29, 1.82) is 0 Å². The van der Waals surface area contributed by atoms with E-state index in [0.29, 0.717) is 69.3 Å². The number of anilines is 2. The Balaban J connectivity index is 0.909. The molecular formula is C69H82ClF3N4O8S3Si2. The maximum Gasteiger partial charge on any atom is 0.501 e. The lowest BCUT2D eigenvalue weighted by atomic mass is 9.84. The second kappa shape index (κ2) is 28.6. The molecule has 0 aromatic heterocycles. The Hall–Kier alpha value is -5.79. The summed E-state index contributed by atoms with van der Waals surface area (Å²) in [4.78, 5) is 17.0. The molecule has 2 aliphatic rings. The fourth-order valence-corrected chi connectivity index (χ4v) is 20.8. The van der Waals surface area contributed by atoms with E-state index in [1.54, 1.807) is 12.1 Å². The third-order valence-electron chi connectivity index (χ3n) is 17.8. The molecule has 3 unspecified atom stereocenters. The van der Waals surface area contributed by atoms with E-state index in [0.717, 1.165) is 62.6 Å². The van der Waals surface area contributed by atoms with Crippen LogP contribution in [0.4, 0.5) is 24.5 Å². The smallest absolute Gasteiger partial charge is 0.410 e. The third kappa shape index (κ3) is 16.0.